The van der Waals surface area contributed by atoms with E-state index in [-0.39, 0.29) is 5.78 Å². The van der Waals surface area contributed by atoms with Crippen LogP contribution in [0.3, 0.4) is 0 Å². The third-order valence-corrected chi connectivity index (χ3v) is 1.07. The van der Waals surface area contributed by atoms with Gasteiger partial charge >= 0.3 is 0 Å². The number of carbonyl (C=O) groups excluding carboxylic acids is 1. The molecule has 0 aromatic heterocycles. The summed E-state index contributed by atoms with van der Waals surface area (Å²) in [7, 11) is 0. The third-order valence-electron chi connectivity index (χ3n) is 1.07. The van der Waals surface area contributed by atoms with Crippen molar-refractivity contribution in [3.63, 3.8) is 0 Å². The van der Waals surface area contributed by atoms with Gasteiger partial charge in [-0.05, 0) is 6.08 Å². The van der Waals surface area contributed by atoms with Gasteiger partial charge in [-0.3, -0.25) is 4.79 Å². The van der Waals surface area contributed by atoms with Crippen molar-refractivity contribution >= 4 is 11.5 Å². The van der Waals surface area contributed by atoms with Crippen LogP contribution in [0.5, 0.6) is 0 Å². The summed E-state index contributed by atoms with van der Waals surface area (Å²) in [5.74, 6) is -0.132. The first-order valence-corrected chi connectivity index (χ1v) is 2.70. The Kier molecular flexibility index (Phi) is 1.63. The molecule has 3 nitrogen and oxygen atoms in total. The summed E-state index contributed by atoms with van der Waals surface area (Å²) in [4.78, 5) is 15.3. The maximum atomic E-state index is 10.7. The quantitative estimate of drug-likeness (QED) is 0.504. The molecule has 0 amide bonds. The van der Waals surface area contributed by atoms with Gasteiger partial charge in [0.15, 0.2) is 0 Å². The first kappa shape index (κ1) is 6.01. The Balaban J connectivity index is 2.61. The third kappa shape index (κ3) is 1.16. The second kappa shape index (κ2) is 2.44. The number of nitrogens with zero attached hydrogens (tertiary/aromatic N) is 1. The van der Waals surface area contributed by atoms with E-state index >= 15 is 0 Å². The van der Waals surface area contributed by atoms with Gasteiger partial charge in [-0.25, -0.2) is 0 Å². The average Bonchev–Trinajstić information content (AvgIpc) is 2.37. The van der Waals surface area contributed by atoms with E-state index in [0.717, 1.165) is 0 Å². The van der Waals surface area contributed by atoms with Crippen LogP contribution in [-0.4, -0.2) is 18.1 Å². The average molecular weight is 125 g/mol. The van der Waals surface area contributed by atoms with Crippen molar-refractivity contribution in [2.75, 3.05) is 6.61 Å². The summed E-state index contributed by atoms with van der Waals surface area (Å²) in [6.45, 7) is 3.84. The molecule has 1 aliphatic rings. The highest BCUT2D eigenvalue weighted by atomic mass is 16.6. The number of rotatable bonds is 2. The predicted octanol–water partition coefficient (Wildman–Crippen LogP) is 0.518. The molecule has 0 saturated carbocycles. The number of hydrogen-bond acceptors (Lipinski definition) is 3. The molecule has 1 rings (SSSR count). The van der Waals surface area contributed by atoms with Crippen LogP contribution in [0.15, 0.2) is 17.8 Å². The summed E-state index contributed by atoms with van der Waals surface area (Å²) in [6, 6.07) is 0. The molecular formula is C6H7NO2. The van der Waals surface area contributed by atoms with Crippen molar-refractivity contribution in [1.82, 2.24) is 0 Å². The van der Waals surface area contributed by atoms with Gasteiger partial charge in [-0.15, -0.1) is 0 Å². The lowest BCUT2D eigenvalue weighted by Crippen LogP contribution is -2.07. The van der Waals surface area contributed by atoms with E-state index in [2.05, 4.69) is 16.6 Å². The normalized spacial score (nSPS) is 16.2. The topological polar surface area (TPSA) is 38.7 Å². The molecule has 0 saturated heterocycles. The Labute approximate surface area is 53.0 Å². The molecule has 0 N–H and O–H groups in total. The summed E-state index contributed by atoms with van der Waals surface area (Å²) >= 11 is 0. The summed E-state index contributed by atoms with van der Waals surface area (Å²) in [6.07, 6.45) is 1.86. The maximum Gasteiger partial charge on any atom is 0.202 e. The van der Waals surface area contributed by atoms with E-state index in [9.17, 15) is 4.79 Å². The highest BCUT2D eigenvalue weighted by Crippen LogP contribution is 2.00. The van der Waals surface area contributed by atoms with Crippen molar-refractivity contribution in [3.8, 4) is 0 Å². The fourth-order valence-electron chi connectivity index (χ4n) is 0.598. The molecule has 0 aliphatic carbocycles. The maximum absolute atomic E-state index is 10.7. The molecule has 0 fully saturated rings. The van der Waals surface area contributed by atoms with E-state index in [1.807, 2.05) is 0 Å². The highest BCUT2D eigenvalue weighted by molar-refractivity contribution is 6.44. The molecule has 0 unspecified atom stereocenters. The highest BCUT2D eigenvalue weighted by Gasteiger charge is 2.12. The van der Waals surface area contributed by atoms with Crippen LogP contribution < -0.4 is 0 Å². The van der Waals surface area contributed by atoms with Gasteiger partial charge in [-0.2, -0.15) is 0 Å². The summed E-state index contributed by atoms with van der Waals surface area (Å²) in [5, 5.41) is 3.50. The SMILES string of the molecule is C=CC(=O)C1=NOCC1. The van der Waals surface area contributed by atoms with E-state index in [4.69, 9.17) is 0 Å². The smallest absolute Gasteiger partial charge is 0.202 e. The largest absolute Gasteiger partial charge is 0.395 e. The molecule has 9 heavy (non-hydrogen) atoms. The molecule has 1 aliphatic heterocycles. The number of allylic oxidation sites excluding steroid dienone is 1. The van der Waals surface area contributed by atoms with Crippen molar-refractivity contribution in [3.05, 3.63) is 12.7 Å². The zero-order chi connectivity index (χ0) is 6.69. The Morgan fingerprint density at radius 1 is 1.89 bits per heavy atom. The van der Waals surface area contributed by atoms with E-state index in [1.165, 1.54) is 6.08 Å². The molecule has 0 spiro atoms. The number of oxime groups is 1. The monoisotopic (exact) mass is 125 g/mol. The zero-order valence-electron chi connectivity index (χ0n) is 4.96. The van der Waals surface area contributed by atoms with Crippen LogP contribution in [0.1, 0.15) is 6.42 Å². The van der Waals surface area contributed by atoms with Crippen LogP contribution in [-0.2, 0) is 9.63 Å². The lowest BCUT2D eigenvalue weighted by atomic mass is 10.2. The summed E-state index contributed by atoms with van der Waals surface area (Å²) in [5.41, 5.74) is 0.477. The number of carbonyl (C=O) groups is 1. The van der Waals surface area contributed by atoms with Crippen molar-refractivity contribution < 1.29 is 9.63 Å². The number of hydrogen-bond donors (Lipinski definition) is 0. The van der Waals surface area contributed by atoms with E-state index < -0.39 is 0 Å². The van der Waals surface area contributed by atoms with Crippen molar-refractivity contribution in [2.24, 2.45) is 5.16 Å². The van der Waals surface area contributed by atoms with Gasteiger partial charge in [-0.1, -0.05) is 11.7 Å². The lowest BCUT2D eigenvalue weighted by molar-refractivity contribution is -0.109. The molecule has 0 aromatic rings. The fourth-order valence-corrected chi connectivity index (χ4v) is 0.598. The Bertz CT molecular complexity index is 172. The predicted molar refractivity (Wildman–Crippen MR) is 33.2 cm³/mol. The fraction of sp³-hybridized carbons (Fsp3) is 0.333. The first-order valence-electron chi connectivity index (χ1n) is 2.70. The van der Waals surface area contributed by atoms with Crippen LogP contribution in [0.25, 0.3) is 0 Å². The molecule has 3 heteroatoms. The minimum Gasteiger partial charge on any atom is -0.395 e. The van der Waals surface area contributed by atoms with Gasteiger partial charge in [0.05, 0.1) is 0 Å². The molecule has 0 atom stereocenters. The molecule has 0 aromatic carbocycles. The minimum atomic E-state index is -0.132. The van der Waals surface area contributed by atoms with Crippen LogP contribution in [0.4, 0.5) is 0 Å². The van der Waals surface area contributed by atoms with Crippen LogP contribution in [0, 0.1) is 0 Å². The number of ketones is 1. The molecule has 0 bridgehead atoms. The Morgan fingerprint density at radius 2 is 2.67 bits per heavy atom. The molecule has 48 valence electrons. The Morgan fingerprint density at radius 3 is 3.11 bits per heavy atom. The van der Waals surface area contributed by atoms with Crippen LogP contribution in [0.2, 0.25) is 0 Å². The van der Waals surface area contributed by atoms with Gasteiger partial charge in [0.25, 0.3) is 0 Å². The van der Waals surface area contributed by atoms with Crippen molar-refractivity contribution in [2.45, 2.75) is 6.42 Å². The molecule has 0 radical (unpaired) electrons. The van der Waals surface area contributed by atoms with Gasteiger partial charge in [0.2, 0.25) is 5.78 Å². The van der Waals surface area contributed by atoms with Gasteiger partial charge in [0.1, 0.15) is 12.3 Å². The summed E-state index contributed by atoms with van der Waals surface area (Å²) < 4.78 is 0. The van der Waals surface area contributed by atoms with Crippen LogP contribution >= 0.6 is 0 Å². The standard InChI is InChI=1S/C6H7NO2/c1-2-6(8)5-3-4-9-7-5/h2H,1,3-4H2. The van der Waals surface area contributed by atoms with Gasteiger partial charge in [0, 0.05) is 6.42 Å². The van der Waals surface area contributed by atoms with E-state index in [0.29, 0.717) is 18.7 Å². The first-order chi connectivity index (χ1) is 4.34. The Hall–Kier alpha value is -1.12. The van der Waals surface area contributed by atoms with E-state index in [1.54, 1.807) is 0 Å². The lowest BCUT2D eigenvalue weighted by Gasteiger charge is -1.84. The minimum absolute atomic E-state index is 0.132. The zero-order valence-corrected chi connectivity index (χ0v) is 4.96. The molecule has 1 heterocycles. The second-order valence-corrected chi connectivity index (χ2v) is 1.69. The van der Waals surface area contributed by atoms with Gasteiger partial charge < -0.3 is 4.84 Å². The van der Waals surface area contributed by atoms with Crippen molar-refractivity contribution in [1.29, 1.82) is 0 Å². The second-order valence-electron chi connectivity index (χ2n) is 1.69. The molecular weight excluding hydrogens is 118 g/mol.